The third-order valence-corrected chi connectivity index (χ3v) is 5.49. The molecule has 2 aromatic rings. The minimum atomic E-state index is -0.943. The average molecular weight is 420 g/mol. The molecule has 7 heteroatoms. The first-order valence-electron chi connectivity index (χ1n) is 8.12. The number of aromatic nitrogens is 2. The maximum Gasteiger partial charge on any atom is 0.313 e. The number of nitrogens with one attached hydrogen (secondary N) is 1. The predicted octanol–water partition coefficient (Wildman–Crippen LogP) is 4.39. The van der Waals surface area contributed by atoms with Gasteiger partial charge >= 0.3 is 5.97 Å². The van der Waals surface area contributed by atoms with E-state index in [-0.39, 0.29) is 0 Å². The number of hydrogen-bond donors (Lipinski definition) is 2. The Morgan fingerprint density at radius 1 is 1.38 bits per heavy atom. The Balaban J connectivity index is 2.14. The second kappa shape index (κ2) is 6.72. The summed E-state index contributed by atoms with van der Waals surface area (Å²) < 4.78 is 16.7. The number of benzene rings is 1. The van der Waals surface area contributed by atoms with Gasteiger partial charge in [0.1, 0.15) is 23.2 Å². The van der Waals surface area contributed by atoms with Crippen molar-refractivity contribution in [2.45, 2.75) is 26.3 Å². The molecule has 0 fully saturated rings. The standard InChI is InChI=1S/C19H19BrFN3O2/c1-11-7-6-9-14(21)16(11)24-17(15(20)12(2)23-24)22-19(3)10-5-4-8-13(19)18(25)26/h4-10,13,22H,1-3H3,(H,25,26). The monoisotopic (exact) mass is 419 g/mol. The molecule has 136 valence electrons. The summed E-state index contributed by atoms with van der Waals surface area (Å²) in [5.74, 6) is -1.61. The number of nitrogens with zero attached hydrogens (tertiary/aromatic N) is 2. The zero-order valence-corrected chi connectivity index (χ0v) is 16.2. The highest BCUT2D eigenvalue weighted by atomic mass is 79.9. The van der Waals surface area contributed by atoms with Crippen LogP contribution in [0.5, 0.6) is 0 Å². The molecule has 26 heavy (non-hydrogen) atoms. The number of carboxylic acids is 1. The van der Waals surface area contributed by atoms with Crippen LogP contribution in [0.15, 0.2) is 47.0 Å². The number of aryl methyl sites for hydroxylation is 2. The van der Waals surface area contributed by atoms with Gasteiger partial charge in [0.05, 0.1) is 15.7 Å². The maximum absolute atomic E-state index is 14.5. The van der Waals surface area contributed by atoms with Crippen molar-refractivity contribution in [3.05, 3.63) is 64.1 Å². The van der Waals surface area contributed by atoms with Gasteiger partial charge in [-0.2, -0.15) is 5.10 Å². The Labute approximate surface area is 159 Å². The van der Waals surface area contributed by atoms with Crippen LogP contribution in [-0.4, -0.2) is 26.4 Å². The Morgan fingerprint density at radius 2 is 2.12 bits per heavy atom. The lowest BCUT2D eigenvalue weighted by atomic mass is 9.82. The van der Waals surface area contributed by atoms with Gasteiger partial charge < -0.3 is 10.4 Å². The molecule has 0 spiro atoms. The fraction of sp³-hybridized carbons (Fsp3) is 0.263. The zero-order valence-electron chi connectivity index (χ0n) is 14.6. The first-order chi connectivity index (χ1) is 12.2. The van der Waals surface area contributed by atoms with E-state index in [2.05, 4.69) is 26.3 Å². The molecule has 1 aromatic heterocycles. The molecule has 5 nitrogen and oxygen atoms in total. The van der Waals surface area contributed by atoms with Gasteiger partial charge in [-0.3, -0.25) is 4.79 Å². The molecule has 0 amide bonds. The van der Waals surface area contributed by atoms with Gasteiger partial charge in [-0.1, -0.05) is 36.4 Å². The molecule has 3 rings (SSSR count). The molecule has 0 bridgehead atoms. The number of allylic oxidation sites excluding steroid dienone is 2. The maximum atomic E-state index is 14.5. The molecular formula is C19H19BrFN3O2. The van der Waals surface area contributed by atoms with Crippen molar-refractivity contribution in [1.82, 2.24) is 9.78 Å². The van der Waals surface area contributed by atoms with Crippen LogP contribution in [0.2, 0.25) is 0 Å². The Hall–Kier alpha value is -2.41. The summed E-state index contributed by atoms with van der Waals surface area (Å²) >= 11 is 3.50. The number of carboxylic acid groups (broad SMARTS) is 1. The topological polar surface area (TPSA) is 67.2 Å². The minimum absolute atomic E-state index is 0.328. The summed E-state index contributed by atoms with van der Waals surface area (Å²) in [6.07, 6.45) is 6.92. The second-order valence-electron chi connectivity index (χ2n) is 6.53. The van der Waals surface area contributed by atoms with E-state index < -0.39 is 23.2 Å². The van der Waals surface area contributed by atoms with Crippen molar-refractivity contribution in [3.8, 4) is 5.69 Å². The van der Waals surface area contributed by atoms with E-state index >= 15 is 0 Å². The van der Waals surface area contributed by atoms with Crippen molar-refractivity contribution < 1.29 is 14.3 Å². The molecule has 0 aliphatic heterocycles. The molecule has 1 aliphatic rings. The fourth-order valence-electron chi connectivity index (χ4n) is 3.12. The molecule has 0 radical (unpaired) electrons. The Morgan fingerprint density at radius 3 is 2.77 bits per heavy atom. The molecule has 2 N–H and O–H groups in total. The summed E-state index contributed by atoms with van der Waals surface area (Å²) in [7, 11) is 0. The summed E-state index contributed by atoms with van der Waals surface area (Å²) in [4.78, 5) is 11.7. The van der Waals surface area contributed by atoms with Gasteiger partial charge in [-0.15, -0.1) is 0 Å². The van der Waals surface area contributed by atoms with Crippen molar-refractivity contribution in [1.29, 1.82) is 0 Å². The number of halogens is 2. The number of aliphatic carboxylic acids is 1. The SMILES string of the molecule is Cc1cccc(F)c1-n1nc(C)c(Br)c1NC1(C)C=CC=CC1C(=O)O. The van der Waals surface area contributed by atoms with Gasteiger partial charge in [0, 0.05) is 0 Å². The van der Waals surface area contributed by atoms with Crippen LogP contribution in [-0.2, 0) is 4.79 Å². The molecule has 1 aromatic carbocycles. The van der Waals surface area contributed by atoms with E-state index in [0.717, 1.165) is 5.56 Å². The summed E-state index contributed by atoms with van der Waals surface area (Å²) in [6, 6.07) is 4.82. The van der Waals surface area contributed by atoms with E-state index in [1.165, 1.54) is 10.7 Å². The summed E-state index contributed by atoms with van der Waals surface area (Å²) in [5.41, 5.74) is 0.824. The van der Waals surface area contributed by atoms with Crippen molar-refractivity contribution in [2.24, 2.45) is 5.92 Å². The van der Waals surface area contributed by atoms with Gasteiger partial charge in [-0.05, 0) is 48.3 Å². The molecule has 2 unspecified atom stereocenters. The zero-order chi connectivity index (χ0) is 19.1. The summed E-state index contributed by atoms with van der Waals surface area (Å²) in [6.45, 7) is 5.40. The molecule has 0 saturated heterocycles. The van der Waals surface area contributed by atoms with Gasteiger partial charge in [0.25, 0.3) is 0 Å². The van der Waals surface area contributed by atoms with Crippen LogP contribution in [0, 0.1) is 25.6 Å². The van der Waals surface area contributed by atoms with Crippen LogP contribution in [0.4, 0.5) is 10.2 Å². The van der Waals surface area contributed by atoms with Gasteiger partial charge in [-0.25, -0.2) is 9.07 Å². The molecule has 1 heterocycles. The number of anilines is 1. The first-order valence-corrected chi connectivity index (χ1v) is 8.91. The van der Waals surface area contributed by atoms with Gasteiger partial charge in [0.2, 0.25) is 0 Å². The molecular weight excluding hydrogens is 401 g/mol. The Bertz CT molecular complexity index is 915. The highest BCUT2D eigenvalue weighted by Gasteiger charge is 2.38. The van der Waals surface area contributed by atoms with E-state index in [1.807, 2.05) is 0 Å². The normalized spacial score (nSPS) is 21.8. The van der Waals surface area contributed by atoms with Crippen LogP contribution in [0.3, 0.4) is 0 Å². The number of para-hydroxylation sites is 1. The lowest BCUT2D eigenvalue weighted by Crippen LogP contribution is -2.45. The average Bonchev–Trinajstić information content (AvgIpc) is 2.83. The molecule has 2 atom stereocenters. The quantitative estimate of drug-likeness (QED) is 0.770. The first kappa shape index (κ1) is 18.4. The van der Waals surface area contributed by atoms with E-state index in [0.29, 0.717) is 21.7 Å². The highest BCUT2D eigenvalue weighted by Crippen LogP contribution is 2.36. The lowest BCUT2D eigenvalue weighted by Gasteiger charge is -2.34. The number of hydrogen-bond acceptors (Lipinski definition) is 3. The van der Waals surface area contributed by atoms with Crippen molar-refractivity contribution in [3.63, 3.8) is 0 Å². The third kappa shape index (κ3) is 3.07. The molecule has 0 saturated carbocycles. The van der Waals surface area contributed by atoms with Crippen LogP contribution in [0.1, 0.15) is 18.2 Å². The lowest BCUT2D eigenvalue weighted by molar-refractivity contribution is -0.141. The van der Waals surface area contributed by atoms with Crippen LogP contribution < -0.4 is 5.32 Å². The van der Waals surface area contributed by atoms with E-state index in [1.54, 1.807) is 57.2 Å². The number of carbonyl (C=O) groups is 1. The largest absolute Gasteiger partial charge is 0.481 e. The number of rotatable bonds is 4. The highest BCUT2D eigenvalue weighted by molar-refractivity contribution is 9.10. The van der Waals surface area contributed by atoms with Crippen LogP contribution in [0.25, 0.3) is 5.69 Å². The van der Waals surface area contributed by atoms with E-state index in [9.17, 15) is 14.3 Å². The predicted molar refractivity (Wildman–Crippen MR) is 102 cm³/mol. The smallest absolute Gasteiger partial charge is 0.313 e. The van der Waals surface area contributed by atoms with Crippen molar-refractivity contribution >= 4 is 27.7 Å². The van der Waals surface area contributed by atoms with Crippen LogP contribution >= 0.6 is 15.9 Å². The third-order valence-electron chi connectivity index (χ3n) is 4.54. The van der Waals surface area contributed by atoms with Gasteiger partial charge in [0.15, 0.2) is 0 Å². The fourth-order valence-corrected chi connectivity index (χ4v) is 3.46. The molecule has 1 aliphatic carbocycles. The minimum Gasteiger partial charge on any atom is -0.481 e. The Kier molecular flexibility index (Phi) is 4.75. The summed E-state index contributed by atoms with van der Waals surface area (Å²) in [5, 5.41) is 17.3. The van der Waals surface area contributed by atoms with E-state index in [4.69, 9.17) is 0 Å². The second-order valence-corrected chi connectivity index (χ2v) is 7.33. The van der Waals surface area contributed by atoms with Crippen molar-refractivity contribution in [2.75, 3.05) is 5.32 Å².